The summed E-state index contributed by atoms with van der Waals surface area (Å²) in [6, 6.07) is 7.89. The number of aromatic nitrogens is 2. The molecular formula is C12H12N2. The minimum absolute atomic E-state index is 0.922. The molecule has 0 atom stereocenters. The number of para-hydroxylation sites is 2. The zero-order valence-corrected chi connectivity index (χ0v) is 8.14. The van der Waals surface area contributed by atoms with E-state index < -0.39 is 0 Å². The van der Waals surface area contributed by atoms with Gasteiger partial charge in [-0.25, -0.2) is 4.98 Å². The molecule has 0 bridgehead atoms. The Hall–Kier alpha value is -1.70. The second kappa shape index (κ2) is 4.01. The molecule has 14 heavy (non-hydrogen) atoms. The fraction of sp³-hybridized carbons (Fsp3) is 0.167. The van der Waals surface area contributed by atoms with Gasteiger partial charge in [0.25, 0.3) is 0 Å². The highest BCUT2D eigenvalue weighted by atomic mass is 14.8. The summed E-state index contributed by atoms with van der Waals surface area (Å²) in [6.45, 7) is 2.10. The number of benzene rings is 1. The molecule has 0 fully saturated rings. The van der Waals surface area contributed by atoms with Gasteiger partial charge in [0, 0.05) is 0 Å². The third kappa shape index (κ3) is 1.79. The van der Waals surface area contributed by atoms with Crippen molar-refractivity contribution >= 4 is 17.1 Å². The minimum atomic E-state index is 0.922. The minimum Gasteiger partial charge on any atom is -0.252 e. The van der Waals surface area contributed by atoms with Crippen LogP contribution in [0.2, 0.25) is 0 Å². The van der Waals surface area contributed by atoms with Gasteiger partial charge in [-0.3, -0.25) is 4.98 Å². The first-order valence-corrected chi connectivity index (χ1v) is 4.78. The van der Waals surface area contributed by atoms with Gasteiger partial charge >= 0.3 is 0 Å². The molecule has 70 valence electrons. The van der Waals surface area contributed by atoms with Crippen LogP contribution < -0.4 is 0 Å². The topological polar surface area (TPSA) is 25.8 Å². The zero-order valence-electron chi connectivity index (χ0n) is 8.14. The predicted octanol–water partition coefficient (Wildman–Crippen LogP) is 3.05. The van der Waals surface area contributed by atoms with E-state index in [-0.39, 0.29) is 0 Å². The van der Waals surface area contributed by atoms with E-state index in [0.29, 0.717) is 0 Å². The zero-order chi connectivity index (χ0) is 9.80. The summed E-state index contributed by atoms with van der Waals surface area (Å²) in [5.41, 5.74) is 2.82. The van der Waals surface area contributed by atoms with Crippen molar-refractivity contribution in [2.75, 3.05) is 0 Å². The molecule has 2 rings (SSSR count). The largest absolute Gasteiger partial charge is 0.252 e. The van der Waals surface area contributed by atoms with Crippen LogP contribution >= 0.6 is 0 Å². The molecule has 0 amide bonds. The predicted molar refractivity (Wildman–Crippen MR) is 58.9 cm³/mol. The number of rotatable bonds is 2. The lowest BCUT2D eigenvalue weighted by atomic mass is 10.3. The van der Waals surface area contributed by atoms with Gasteiger partial charge in [0.2, 0.25) is 0 Å². The van der Waals surface area contributed by atoms with Crippen LogP contribution in [-0.4, -0.2) is 9.97 Å². The van der Waals surface area contributed by atoms with Crippen LogP contribution in [0.15, 0.2) is 36.5 Å². The Labute approximate surface area is 83.3 Å². The summed E-state index contributed by atoms with van der Waals surface area (Å²) < 4.78 is 0. The van der Waals surface area contributed by atoms with Crippen LogP contribution in [0, 0.1) is 0 Å². The smallest absolute Gasteiger partial charge is 0.0894 e. The number of hydrogen-bond acceptors (Lipinski definition) is 2. The molecule has 0 saturated heterocycles. The van der Waals surface area contributed by atoms with Crippen LogP contribution in [0.25, 0.3) is 17.1 Å². The van der Waals surface area contributed by atoms with E-state index in [2.05, 4.69) is 23.0 Å². The lowest BCUT2D eigenvalue weighted by molar-refractivity contribution is 1.22. The molecule has 0 aliphatic heterocycles. The van der Waals surface area contributed by atoms with Gasteiger partial charge in [0.1, 0.15) is 0 Å². The van der Waals surface area contributed by atoms with Crippen molar-refractivity contribution in [1.82, 2.24) is 9.97 Å². The van der Waals surface area contributed by atoms with Crippen molar-refractivity contribution < 1.29 is 0 Å². The molecule has 2 heteroatoms. The van der Waals surface area contributed by atoms with Gasteiger partial charge in [0.05, 0.1) is 22.9 Å². The second-order valence-electron chi connectivity index (χ2n) is 3.09. The Morgan fingerprint density at radius 3 is 2.79 bits per heavy atom. The van der Waals surface area contributed by atoms with E-state index in [1.165, 1.54) is 0 Å². The third-order valence-corrected chi connectivity index (χ3v) is 1.99. The number of hydrogen-bond donors (Lipinski definition) is 0. The highest BCUT2D eigenvalue weighted by Gasteiger charge is 1.94. The molecule has 0 N–H and O–H groups in total. The van der Waals surface area contributed by atoms with Gasteiger partial charge in [-0.15, -0.1) is 0 Å². The molecule has 0 unspecified atom stereocenters. The Bertz CT molecular complexity index is 461. The number of nitrogens with zero attached hydrogens (tertiary/aromatic N) is 2. The van der Waals surface area contributed by atoms with Crippen molar-refractivity contribution in [2.24, 2.45) is 0 Å². The maximum Gasteiger partial charge on any atom is 0.0894 e. The van der Waals surface area contributed by atoms with Crippen molar-refractivity contribution in [3.63, 3.8) is 0 Å². The summed E-state index contributed by atoms with van der Waals surface area (Å²) in [6.07, 6.45) is 6.90. The highest BCUT2D eigenvalue weighted by molar-refractivity contribution is 5.74. The fourth-order valence-electron chi connectivity index (χ4n) is 1.29. The summed E-state index contributed by atoms with van der Waals surface area (Å²) in [5.74, 6) is 0. The highest BCUT2D eigenvalue weighted by Crippen LogP contribution is 2.09. The van der Waals surface area contributed by atoms with Gasteiger partial charge in [-0.2, -0.15) is 0 Å². The summed E-state index contributed by atoms with van der Waals surface area (Å²) in [4.78, 5) is 8.78. The van der Waals surface area contributed by atoms with E-state index in [4.69, 9.17) is 0 Å². The Morgan fingerprint density at radius 2 is 2.00 bits per heavy atom. The summed E-state index contributed by atoms with van der Waals surface area (Å²) in [5, 5.41) is 0. The Morgan fingerprint density at radius 1 is 1.21 bits per heavy atom. The van der Waals surface area contributed by atoms with Crippen LogP contribution in [0.5, 0.6) is 0 Å². The number of fused-ring (bicyclic) bond motifs is 1. The molecule has 0 saturated carbocycles. The van der Waals surface area contributed by atoms with Gasteiger partial charge in [-0.05, 0) is 24.6 Å². The van der Waals surface area contributed by atoms with Crippen LogP contribution in [0.4, 0.5) is 0 Å². The average molecular weight is 184 g/mol. The van der Waals surface area contributed by atoms with E-state index in [9.17, 15) is 0 Å². The van der Waals surface area contributed by atoms with Gasteiger partial charge in [0.15, 0.2) is 0 Å². The molecule has 0 aliphatic rings. The Balaban J connectivity index is 2.46. The van der Waals surface area contributed by atoms with E-state index in [1.54, 1.807) is 6.20 Å². The van der Waals surface area contributed by atoms with Crippen LogP contribution in [0.1, 0.15) is 19.0 Å². The first-order chi connectivity index (χ1) is 6.90. The molecular weight excluding hydrogens is 172 g/mol. The lowest BCUT2D eigenvalue weighted by Gasteiger charge is -1.96. The molecule has 0 spiro atoms. The van der Waals surface area contributed by atoms with Crippen LogP contribution in [0.3, 0.4) is 0 Å². The standard InChI is InChI=1S/C12H12N2/c1-2-3-6-10-9-13-11-7-4-5-8-12(11)14-10/h3-9H,2H2,1H3. The lowest BCUT2D eigenvalue weighted by Crippen LogP contribution is -1.86. The first-order valence-electron chi connectivity index (χ1n) is 4.78. The average Bonchev–Trinajstić information content (AvgIpc) is 2.26. The quantitative estimate of drug-likeness (QED) is 0.716. The SMILES string of the molecule is CCC=Cc1cnc2ccccc2n1. The molecule has 1 heterocycles. The van der Waals surface area contributed by atoms with Crippen molar-refractivity contribution in [3.8, 4) is 0 Å². The number of allylic oxidation sites excluding steroid dienone is 1. The molecule has 2 aromatic rings. The maximum atomic E-state index is 4.46. The monoisotopic (exact) mass is 184 g/mol. The van der Waals surface area contributed by atoms with Crippen LogP contribution in [-0.2, 0) is 0 Å². The molecule has 0 aliphatic carbocycles. The second-order valence-corrected chi connectivity index (χ2v) is 3.09. The van der Waals surface area contributed by atoms with E-state index in [0.717, 1.165) is 23.1 Å². The van der Waals surface area contributed by atoms with Crippen molar-refractivity contribution in [3.05, 3.63) is 42.2 Å². The Kier molecular flexibility index (Phi) is 2.54. The normalized spacial score (nSPS) is 11.2. The summed E-state index contributed by atoms with van der Waals surface area (Å²) in [7, 11) is 0. The van der Waals surface area contributed by atoms with E-state index in [1.807, 2.05) is 30.3 Å². The van der Waals surface area contributed by atoms with Crippen molar-refractivity contribution in [1.29, 1.82) is 0 Å². The maximum absolute atomic E-state index is 4.46. The molecule has 1 aromatic heterocycles. The van der Waals surface area contributed by atoms with Gasteiger partial charge < -0.3 is 0 Å². The summed E-state index contributed by atoms with van der Waals surface area (Å²) >= 11 is 0. The molecule has 0 radical (unpaired) electrons. The molecule has 2 nitrogen and oxygen atoms in total. The molecule has 1 aromatic carbocycles. The van der Waals surface area contributed by atoms with Gasteiger partial charge in [-0.1, -0.05) is 25.1 Å². The fourth-order valence-corrected chi connectivity index (χ4v) is 1.29. The third-order valence-electron chi connectivity index (χ3n) is 1.99. The first kappa shape index (κ1) is 8.88. The van der Waals surface area contributed by atoms with Crippen molar-refractivity contribution in [2.45, 2.75) is 13.3 Å². The van der Waals surface area contributed by atoms with E-state index >= 15 is 0 Å².